The number of benzene rings is 2. The van der Waals surface area contributed by atoms with Gasteiger partial charge in [-0.1, -0.05) is 65.4 Å². The van der Waals surface area contributed by atoms with Gasteiger partial charge in [-0.25, -0.2) is 4.98 Å². The lowest BCUT2D eigenvalue weighted by Crippen LogP contribution is -1.96. The van der Waals surface area contributed by atoms with Gasteiger partial charge < -0.3 is 0 Å². The number of imidazole rings is 1. The van der Waals surface area contributed by atoms with E-state index in [2.05, 4.69) is 10.1 Å². The van der Waals surface area contributed by atoms with Crippen LogP contribution >= 0.6 is 22.9 Å². The van der Waals surface area contributed by atoms with Gasteiger partial charge in [0, 0.05) is 17.0 Å². The monoisotopic (exact) mass is 353 g/mol. The lowest BCUT2D eigenvalue weighted by Gasteiger charge is -1.98. The zero-order valence-corrected chi connectivity index (χ0v) is 14.1. The predicted molar refractivity (Wildman–Crippen MR) is 95.9 cm³/mol. The van der Waals surface area contributed by atoms with Gasteiger partial charge in [-0.05, 0) is 17.7 Å². The molecular formula is C18H12ClN3OS. The van der Waals surface area contributed by atoms with Gasteiger partial charge in [0.15, 0.2) is 6.29 Å². The predicted octanol–water partition coefficient (Wildman–Crippen LogP) is 4.51. The number of aromatic nitrogens is 3. The quantitative estimate of drug-likeness (QED) is 0.507. The van der Waals surface area contributed by atoms with Crippen LogP contribution in [0.2, 0.25) is 5.02 Å². The molecule has 0 aliphatic heterocycles. The third-order valence-electron chi connectivity index (χ3n) is 3.71. The largest absolute Gasteiger partial charge is 0.296 e. The molecule has 0 fully saturated rings. The first-order chi connectivity index (χ1) is 11.7. The molecule has 6 heteroatoms. The number of carbonyl (C=O) groups excluding carboxylic acids is 1. The Labute approximate surface area is 147 Å². The Morgan fingerprint density at radius 3 is 2.54 bits per heavy atom. The summed E-state index contributed by atoms with van der Waals surface area (Å²) in [5.41, 5.74) is 3.18. The van der Waals surface area contributed by atoms with E-state index in [-0.39, 0.29) is 0 Å². The molecule has 0 saturated carbocycles. The van der Waals surface area contributed by atoms with E-state index in [1.54, 1.807) is 4.52 Å². The molecule has 2 aromatic heterocycles. The third-order valence-corrected chi connectivity index (χ3v) is 4.87. The summed E-state index contributed by atoms with van der Waals surface area (Å²) < 4.78 is 1.63. The zero-order valence-electron chi connectivity index (χ0n) is 12.5. The fourth-order valence-corrected chi connectivity index (χ4v) is 3.63. The van der Waals surface area contributed by atoms with Crippen molar-refractivity contribution in [3.05, 3.63) is 75.9 Å². The van der Waals surface area contributed by atoms with E-state index >= 15 is 0 Å². The highest BCUT2D eigenvalue weighted by Crippen LogP contribution is 2.27. The number of rotatable bonds is 4. The number of hydrogen-bond acceptors (Lipinski definition) is 4. The van der Waals surface area contributed by atoms with E-state index in [1.165, 1.54) is 11.3 Å². The van der Waals surface area contributed by atoms with Crippen LogP contribution in [0.5, 0.6) is 0 Å². The van der Waals surface area contributed by atoms with Crippen molar-refractivity contribution >= 4 is 34.2 Å². The molecule has 24 heavy (non-hydrogen) atoms. The second-order valence-corrected chi connectivity index (χ2v) is 6.80. The molecule has 0 unspecified atom stereocenters. The average molecular weight is 354 g/mol. The molecule has 2 aromatic carbocycles. The molecule has 0 saturated heterocycles. The van der Waals surface area contributed by atoms with Crippen molar-refractivity contribution in [1.82, 2.24) is 14.6 Å². The Kier molecular flexibility index (Phi) is 3.88. The van der Waals surface area contributed by atoms with E-state index in [4.69, 9.17) is 11.6 Å². The first kappa shape index (κ1) is 15.1. The van der Waals surface area contributed by atoms with E-state index in [0.29, 0.717) is 22.8 Å². The molecule has 4 nitrogen and oxygen atoms in total. The number of nitrogens with zero attached hydrogens (tertiary/aromatic N) is 3. The smallest absolute Gasteiger partial charge is 0.213 e. The van der Waals surface area contributed by atoms with Gasteiger partial charge in [-0.3, -0.25) is 4.79 Å². The van der Waals surface area contributed by atoms with Crippen molar-refractivity contribution in [1.29, 1.82) is 0 Å². The lowest BCUT2D eigenvalue weighted by molar-refractivity contribution is 0.111. The summed E-state index contributed by atoms with van der Waals surface area (Å²) in [6.07, 6.45) is 1.50. The second-order valence-electron chi connectivity index (χ2n) is 5.32. The highest BCUT2D eigenvalue weighted by molar-refractivity contribution is 7.16. The van der Waals surface area contributed by atoms with Gasteiger partial charge in [0.1, 0.15) is 16.4 Å². The second kappa shape index (κ2) is 6.19. The molecule has 0 aliphatic rings. The van der Waals surface area contributed by atoms with Crippen LogP contribution in [-0.2, 0) is 6.42 Å². The van der Waals surface area contributed by atoms with Crippen LogP contribution < -0.4 is 0 Å². The molecule has 0 amide bonds. The number of hydrogen-bond donors (Lipinski definition) is 0. The lowest BCUT2D eigenvalue weighted by atomic mass is 10.1. The molecule has 2 heterocycles. The zero-order chi connectivity index (χ0) is 16.5. The maximum atomic E-state index is 11.6. The first-order valence-electron chi connectivity index (χ1n) is 7.38. The Morgan fingerprint density at radius 2 is 1.83 bits per heavy atom. The van der Waals surface area contributed by atoms with Crippen molar-refractivity contribution in [2.75, 3.05) is 0 Å². The molecule has 4 aromatic rings. The van der Waals surface area contributed by atoms with Crippen LogP contribution in [0, 0.1) is 0 Å². The van der Waals surface area contributed by atoms with Gasteiger partial charge in [-0.15, -0.1) is 0 Å². The summed E-state index contributed by atoms with van der Waals surface area (Å²) in [6.45, 7) is 0. The number of fused-ring (bicyclic) bond motifs is 1. The molecule has 0 bridgehead atoms. The van der Waals surface area contributed by atoms with Crippen molar-refractivity contribution in [2.24, 2.45) is 0 Å². The molecule has 4 rings (SSSR count). The maximum absolute atomic E-state index is 11.6. The van der Waals surface area contributed by atoms with Crippen molar-refractivity contribution < 1.29 is 4.79 Å². The van der Waals surface area contributed by atoms with Crippen LogP contribution in [0.3, 0.4) is 0 Å². The average Bonchev–Trinajstić information content (AvgIpc) is 3.14. The fourth-order valence-electron chi connectivity index (χ4n) is 2.57. The van der Waals surface area contributed by atoms with E-state index < -0.39 is 0 Å². The highest BCUT2D eigenvalue weighted by atomic mass is 35.5. The normalized spacial score (nSPS) is 11.0. The Bertz CT molecular complexity index is 1010. The number of carbonyl (C=O) groups is 1. The molecule has 0 N–H and O–H groups in total. The molecule has 0 spiro atoms. The van der Waals surface area contributed by atoms with Gasteiger partial charge in [0.25, 0.3) is 0 Å². The van der Waals surface area contributed by atoms with Gasteiger partial charge >= 0.3 is 0 Å². The van der Waals surface area contributed by atoms with E-state index in [0.717, 1.165) is 27.4 Å². The molecule has 0 atom stereocenters. The molecule has 0 aliphatic carbocycles. The van der Waals surface area contributed by atoms with Crippen LogP contribution in [0.4, 0.5) is 0 Å². The number of aldehydes is 1. The molecule has 118 valence electrons. The summed E-state index contributed by atoms with van der Waals surface area (Å²) in [5, 5.41) is 6.17. The molecular weight excluding hydrogens is 342 g/mol. The van der Waals surface area contributed by atoms with Gasteiger partial charge in [-0.2, -0.15) is 9.61 Å². The minimum absolute atomic E-state index is 0.481. The summed E-state index contributed by atoms with van der Waals surface area (Å²) in [7, 11) is 0. The summed E-state index contributed by atoms with van der Waals surface area (Å²) >= 11 is 7.40. The van der Waals surface area contributed by atoms with Gasteiger partial charge in [0.05, 0.1) is 0 Å². The minimum Gasteiger partial charge on any atom is -0.296 e. The summed E-state index contributed by atoms with van der Waals surface area (Å²) in [5.74, 6) is 0. The van der Waals surface area contributed by atoms with Crippen LogP contribution in [0.15, 0.2) is 54.6 Å². The maximum Gasteiger partial charge on any atom is 0.213 e. The number of halogens is 1. The summed E-state index contributed by atoms with van der Waals surface area (Å²) in [6, 6.07) is 17.3. The van der Waals surface area contributed by atoms with Crippen LogP contribution in [0.25, 0.3) is 16.2 Å². The molecule has 0 radical (unpaired) electrons. The Balaban J connectivity index is 1.73. The van der Waals surface area contributed by atoms with Crippen molar-refractivity contribution in [3.8, 4) is 11.3 Å². The minimum atomic E-state index is 0.481. The Hall–Kier alpha value is -2.50. The van der Waals surface area contributed by atoms with Crippen molar-refractivity contribution in [3.63, 3.8) is 0 Å². The first-order valence-corrected chi connectivity index (χ1v) is 8.57. The standard InChI is InChI=1S/C18H12ClN3OS/c19-14-8-6-12(7-9-14)10-16-21-22-15(11-23)17(20-18(22)24-16)13-4-2-1-3-5-13/h1-9,11H,10H2. The topological polar surface area (TPSA) is 47.3 Å². The van der Waals surface area contributed by atoms with Crippen LogP contribution in [0.1, 0.15) is 21.1 Å². The fraction of sp³-hybridized carbons (Fsp3) is 0.0556. The van der Waals surface area contributed by atoms with E-state index in [1.807, 2.05) is 54.6 Å². The highest BCUT2D eigenvalue weighted by Gasteiger charge is 2.17. The summed E-state index contributed by atoms with van der Waals surface area (Å²) in [4.78, 5) is 16.9. The third kappa shape index (κ3) is 2.72. The van der Waals surface area contributed by atoms with Crippen LogP contribution in [-0.4, -0.2) is 20.9 Å². The SMILES string of the molecule is O=Cc1c(-c2ccccc2)nc2sc(Cc3ccc(Cl)cc3)nn12. The van der Waals surface area contributed by atoms with E-state index in [9.17, 15) is 4.79 Å². The van der Waals surface area contributed by atoms with Crippen molar-refractivity contribution in [2.45, 2.75) is 6.42 Å². The van der Waals surface area contributed by atoms with Gasteiger partial charge in [0.2, 0.25) is 4.96 Å². The Morgan fingerprint density at radius 1 is 1.08 bits per heavy atom.